The molecule has 2 rings (SSSR count). The summed E-state index contributed by atoms with van der Waals surface area (Å²) in [6.45, 7) is 2.45. The molecule has 0 saturated carbocycles. The van der Waals surface area contributed by atoms with Gasteiger partial charge in [-0.2, -0.15) is 0 Å². The number of rotatable bonds is 1. The van der Waals surface area contributed by atoms with Gasteiger partial charge in [0.15, 0.2) is 5.69 Å². The van der Waals surface area contributed by atoms with E-state index in [2.05, 4.69) is 5.32 Å². The third kappa shape index (κ3) is 1.37. The lowest BCUT2D eigenvalue weighted by atomic mass is 10.2. The minimum absolute atomic E-state index is 0.0639. The molecular weight excluding hydrogens is 184 g/mol. The van der Waals surface area contributed by atoms with Crippen LogP contribution in [0.1, 0.15) is 6.92 Å². The second-order valence-corrected chi connectivity index (χ2v) is 3.26. The van der Waals surface area contributed by atoms with Gasteiger partial charge in [-0.15, -0.1) is 0 Å². The van der Waals surface area contributed by atoms with Gasteiger partial charge in [0.1, 0.15) is 12.4 Å². The van der Waals surface area contributed by atoms with Gasteiger partial charge in [-0.25, -0.2) is 0 Å². The second-order valence-electron chi connectivity index (χ2n) is 3.26. The highest BCUT2D eigenvalue weighted by atomic mass is 16.6. The predicted octanol–water partition coefficient (Wildman–Crippen LogP) is 1.79. The van der Waals surface area contributed by atoms with E-state index in [1.54, 1.807) is 12.1 Å². The molecule has 0 fully saturated rings. The molecule has 1 aliphatic rings. The van der Waals surface area contributed by atoms with Gasteiger partial charge < -0.3 is 10.1 Å². The van der Waals surface area contributed by atoms with Gasteiger partial charge >= 0.3 is 0 Å². The van der Waals surface area contributed by atoms with Crippen molar-refractivity contribution in [3.63, 3.8) is 0 Å². The molecule has 0 radical (unpaired) electrons. The lowest BCUT2D eigenvalue weighted by molar-refractivity contribution is -0.384. The number of para-hydroxylation sites is 1. The van der Waals surface area contributed by atoms with Crippen molar-refractivity contribution in [1.82, 2.24) is 0 Å². The van der Waals surface area contributed by atoms with Crippen LogP contribution in [0.25, 0.3) is 0 Å². The van der Waals surface area contributed by atoms with Gasteiger partial charge in [-0.3, -0.25) is 10.1 Å². The summed E-state index contributed by atoms with van der Waals surface area (Å²) in [5.74, 6) is 0.553. The SMILES string of the molecule is C[C@H]1COc2cccc([N+](=O)[O-])c2N1. The molecule has 14 heavy (non-hydrogen) atoms. The number of nitro benzene ring substituents is 1. The zero-order chi connectivity index (χ0) is 10.1. The van der Waals surface area contributed by atoms with Crippen LogP contribution < -0.4 is 10.1 Å². The second kappa shape index (κ2) is 3.17. The van der Waals surface area contributed by atoms with Crippen LogP contribution in [0.2, 0.25) is 0 Å². The molecule has 1 N–H and O–H groups in total. The highest BCUT2D eigenvalue weighted by Gasteiger charge is 2.23. The lowest BCUT2D eigenvalue weighted by Gasteiger charge is -2.24. The van der Waals surface area contributed by atoms with E-state index in [-0.39, 0.29) is 11.7 Å². The average molecular weight is 194 g/mol. The predicted molar refractivity (Wildman–Crippen MR) is 51.7 cm³/mol. The van der Waals surface area contributed by atoms with Crippen molar-refractivity contribution < 1.29 is 9.66 Å². The number of nitro groups is 1. The molecule has 5 nitrogen and oxygen atoms in total. The van der Waals surface area contributed by atoms with Crippen molar-refractivity contribution in [3.8, 4) is 5.75 Å². The third-order valence-corrected chi connectivity index (χ3v) is 2.08. The largest absolute Gasteiger partial charge is 0.489 e. The molecule has 1 atom stereocenters. The maximum absolute atomic E-state index is 10.7. The number of fused-ring (bicyclic) bond motifs is 1. The van der Waals surface area contributed by atoms with Crippen LogP contribution >= 0.6 is 0 Å². The Kier molecular flexibility index (Phi) is 1.99. The molecule has 0 unspecified atom stereocenters. The number of hydrogen-bond donors (Lipinski definition) is 1. The number of ether oxygens (including phenoxy) is 1. The Balaban J connectivity index is 2.48. The maximum Gasteiger partial charge on any atom is 0.296 e. The van der Waals surface area contributed by atoms with E-state index in [1.165, 1.54) is 6.07 Å². The lowest BCUT2D eigenvalue weighted by Crippen LogP contribution is -2.28. The first-order valence-corrected chi connectivity index (χ1v) is 4.35. The Labute approximate surface area is 80.8 Å². The van der Waals surface area contributed by atoms with Crippen LogP contribution in [0.5, 0.6) is 5.75 Å². The Morgan fingerprint density at radius 3 is 3.14 bits per heavy atom. The third-order valence-electron chi connectivity index (χ3n) is 2.08. The first-order chi connectivity index (χ1) is 6.68. The molecule has 1 aromatic rings. The fraction of sp³-hybridized carbons (Fsp3) is 0.333. The minimum atomic E-state index is -0.409. The van der Waals surface area contributed by atoms with Gasteiger partial charge in [-0.05, 0) is 13.0 Å². The maximum atomic E-state index is 10.7. The quantitative estimate of drug-likeness (QED) is 0.546. The van der Waals surface area contributed by atoms with E-state index in [0.717, 1.165) is 0 Å². The summed E-state index contributed by atoms with van der Waals surface area (Å²) in [5, 5.41) is 13.7. The van der Waals surface area contributed by atoms with Crippen molar-refractivity contribution in [2.24, 2.45) is 0 Å². The number of benzene rings is 1. The summed E-state index contributed by atoms with van der Waals surface area (Å²) in [7, 11) is 0. The van der Waals surface area contributed by atoms with Crippen LogP contribution in [0.15, 0.2) is 18.2 Å². The summed E-state index contributed by atoms with van der Waals surface area (Å²) >= 11 is 0. The van der Waals surface area contributed by atoms with Gasteiger partial charge in [0, 0.05) is 6.07 Å². The summed E-state index contributed by atoms with van der Waals surface area (Å²) in [4.78, 5) is 10.3. The standard InChI is InChI=1S/C9H10N2O3/c1-6-5-14-8-4-2-3-7(11(12)13)9(8)10-6/h2-4,6,10H,5H2,1H3/t6-/m0/s1. The van der Waals surface area contributed by atoms with Crippen LogP contribution in [0.4, 0.5) is 11.4 Å². The monoisotopic (exact) mass is 194 g/mol. The van der Waals surface area contributed by atoms with Crippen molar-refractivity contribution in [1.29, 1.82) is 0 Å². The highest BCUT2D eigenvalue weighted by Crippen LogP contribution is 2.36. The van der Waals surface area contributed by atoms with E-state index >= 15 is 0 Å². The van der Waals surface area contributed by atoms with E-state index in [1.807, 2.05) is 6.92 Å². The fourth-order valence-corrected chi connectivity index (χ4v) is 1.44. The van der Waals surface area contributed by atoms with Crippen LogP contribution in [-0.4, -0.2) is 17.6 Å². The Hall–Kier alpha value is -1.78. The molecule has 0 amide bonds. The van der Waals surface area contributed by atoms with E-state index in [0.29, 0.717) is 18.0 Å². The topological polar surface area (TPSA) is 64.4 Å². The van der Waals surface area contributed by atoms with Gasteiger partial charge in [0.2, 0.25) is 0 Å². The summed E-state index contributed by atoms with van der Waals surface area (Å²) in [5.41, 5.74) is 0.547. The van der Waals surface area contributed by atoms with Crippen molar-refractivity contribution in [3.05, 3.63) is 28.3 Å². The van der Waals surface area contributed by atoms with Crippen LogP contribution in [0.3, 0.4) is 0 Å². The number of nitrogens with zero attached hydrogens (tertiary/aromatic N) is 1. The first kappa shape index (κ1) is 8.80. The van der Waals surface area contributed by atoms with Crippen molar-refractivity contribution >= 4 is 11.4 Å². The van der Waals surface area contributed by atoms with E-state index in [4.69, 9.17) is 4.74 Å². The summed E-state index contributed by atoms with van der Waals surface area (Å²) in [6, 6.07) is 4.91. The highest BCUT2D eigenvalue weighted by molar-refractivity contribution is 5.71. The molecule has 1 aromatic carbocycles. The molecule has 74 valence electrons. The first-order valence-electron chi connectivity index (χ1n) is 4.35. The smallest absolute Gasteiger partial charge is 0.296 e. The number of anilines is 1. The fourth-order valence-electron chi connectivity index (χ4n) is 1.44. The van der Waals surface area contributed by atoms with Crippen LogP contribution in [-0.2, 0) is 0 Å². The van der Waals surface area contributed by atoms with Crippen molar-refractivity contribution in [2.75, 3.05) is 11.9 Å². The molecule has 5 heteroatoms. The zero-order valence-corrected chi connectivity index (χ0v) is 7.69. The minimum Gasteiger partial charge on any atom is -0.489 e. The Morgan fingerprint density at radius 2 is 2.43 bits per heavy atom. The molecule has 0 spiro atoms. The molecule has 0 saturated heterocycles. The van der Waals surface area contributed by atoms with Crippen molar-refractivity contribution in [2.45, 2.75) is 13.0 Å². The van der Waals surface area contributed by atoms with Gasteiger partial charge in [0.25, 0.3) is 5.69 Å². The molecule has 1 aliphatic heterocycles. The number of nitrogens with one attached hydrogen (secondary N) is 1. The summed E-state index contributed by atoms with van der Waals surface area (Å²) in [6.07, 6.45) is 0. The Bertz CT molecular complexity index is 378. The van der Waals surface area contributed by atoms with Gasteiger partial charge in [-0.1, -0.05) is 6.07 Å². The molecular formula is C9H10N2O3. The zero-order valence-electron chi connectivity index (χ0n) is 7.69. The van der Waals surface area contributed by atoms with E-state index < -0.39 is 4.92 Å². The summed E-state index contributed by atoms with van der Waals surface area (Å²) < 4.78 is 5.36. The van der Waals surface area contributed by atoms with Gasteiger partial charge in [0.05, 0.1) is 11.0 Å². The van der Waals surface area contributed by atoms with E-state index in [9.17, 15) is 10.1 Å². The molecule has 0 aromatic heterocycles. The molecule has 0 bridgehead atoms. The average Bonchev–Trinajstić information content (AvgIpc) is 2.16. The Morgan fingerprint density at radius 1 is 1.64 bits per heavy atom. The van der Waals surface area contributed by atoms with Crippen LogP contribution in [0, 0.1) is 10.1 Å². The number of hydrogen-bond acceptors (Lipinski definition) is 4. The molecule has 0 aliphatic carbocycles. The molecule has 1 heterocycles. The normalized spacial score (nSPS) is 19.1.